The average Bonchev–Trinajstić information content (AvgIpc) is 1.85. The molecule has 3 nitrogen and oxygen atoms in total. The number of rotatable bonds is 6. The zero-order valence-corrected chi connectivity index (χ0v) is 7.55. The van der Waals surface area contributed by atoms with Crippen molar-refractivity contribution < 1.29 is 14.9 Å². The summed E-state index contributed by atoms with van der Waals surface area (Å²) in [4.78, 5) is 0. The first-order valence-electron chi connectivity index (χ1n) is 3.35. The second-order valence-electron chi connectivity index (χ2n) is 2.06. The highest BCUT2D eigenvalue weighted by molar-refractivity contribution is 6.19. The van der Waals surface area contributed by atoms with Gasteiger partial charge >= 0.3 is 0 Å². The first-order valence-corrected chi connectivity index (χ1v) is 4.22. The molecule has 0 rings (SSSR count). The predicted octanol–water partition coefficient (Wildman–Crippen LogP) is 0.898. The molecule has 5 heteroatoms. The maximum Gasteiger partial charge on any atom is 0.130 e. The number of ether oxygens (including phenoxy) is 1. The number of alkyl halides is 2. The van der Waals surface area contributed by atoms with Gasteiger partial charge in [0.15, 0.2) is 0 Å². The van der Waals surface area contributed by atoms with Gasteiger partial charge < -0.3 is 14.9 Å². The smallest absolute Gasteiger partial charge is 0.130 e. The van der Waals surface area contributed by atoms with Crippen molar-refractivity contribution in [2.24, 2.45) is 0 Å². The van der Waals surface area contributed by atoms with Crippen LogP contribution in [0.2, 0.25) is 0 Å². The molecule has 0 aromatic rings. The summed E-state index contributed by atoms with van der Waals surface area (Å²) in [6.45, 7) is 0.766. The van der Waals surface area contributed by atoms with Crippen LogP contribution in [0.5, 0.6) is 0 Å². The highest BCUT2D eigenvalue weighted by Gasteiger charge is 1.99. The molecule has 2 N–H and O–H groups in total. The molecule has 0 saturated carbocycles. The van der Waals surface area contributed by atoms with Crippen molar-refractivity contribution in [1.29, 1.82) is 0 Å². The quantitative estimate of drug-likeness (QED) is 0.498. The second-order valence-corrected chi connectivity index (χ2v) is 3.07. The molecule has 0 radical (unpaired) electrons. The first kappa shape index (κ1) is 11.5. The van der Waals surface area contributed by atoms with E-state index in [9.17, 15) is 0 Å². The fourth-order valence-electron chi connectivity index (χ4n) is 0.463. The SMILES string of the molecule is OC(Cl)CCOCCC(O)Cl. The first-order chi connectivity index (χ1) is 5.13. The van der Waals surface area contributed by atoms with Gasteiger partial charge in [-0.2, -0.15) is 0 Å². The van der Waals surface area contributed by atoms with E-state index in [1.54, 1.807) is 0 Å². The molecule has 2 unspecified atom stereocenters. The molecule has 68 valence electrons. The Bertz CT molecular complexity index is 77.9. The van der Waals surface area contributed by atoms with Gasteiger partial charge in [0.2, 0.25) is 0 Å². The molecule has 11 heavy (non-hydrogen) atoms. The topological polar surface area (TPSA) is 49.7 Å². The van der Waals surface area contributed by atoms with Gasteiger partial charge in [-0.3, -0.25) is 0 Å². The van der Waals surface area contributed by atoms with Crippen LogP contribution < -0.4 is 0 Å². The lowest BCUT2D eigenvalue weighted by molar-refractivity contribution is 0.0887. The monoisotopic (exact) mass is 202 g/mol. The van der Waals surface area contributed by atoms with E-state index in [1.807, 2.05) is 0 Å². The molecule has 0 aliphatic rings. The van der Waals surface area contributed by atoms with Gasteiger partial charge in [0.25, 0.3) is 0 Å². The van der Waals surface area contributed by atoms with Crippen LogP contribution in [0, 0.1) is 0 Å². The van der Waals surface area contributed by atoms with E-state index >= 15 is 0 Å². The Morgan fingerprint density at radius 2 is 1.36 bits per heavy atom. The van der Waals surface area contributed by atoms with E-state index in [2.05, 4.69) is 0 Å². The summed E-state index contributed by atoms with van der Waals surface area (Å²) in [5.41, 5.74) is -1.70. The minimum Gasteiger partial charge on any atom is -0.381 e. The van der Waals surface area contributed by atoms with Crippen LogP contribution in [0.4, 0.5) is 0 Å². The lowest BCUT2D eigenvalue weighted by atomic mass is 10.4. The normalized spacial score (nSPS) is 16.4. The van der Waals surface area contributed by atoms with Gasteiger partial charge in [-0.05, 0) is 0 Å². The molecule has 0 aliphatic carbocycles. The average molecular weight is 203 g/mol. The van der Waals surface area contributed by atoms with Crippen LogP contribution in [0.15, 0.2) is 0 Å². The van der Waals surface area contributed by atoms with Crippen LogP contribution in [0.3, 0.4) is 0 Å². The summed E-state index contributed by atoms with van der Waals surface area (Å²) >= 11 is 10.4. The van der Waals surface area contributed by atoms with E-state index in [0.717, 1.165) is 0 Å². The van der Waals surface area contributed by atoms with Gasteiger partial charge in [-0.1, -0.05) is 23.2 Å². The Morgan fingerprint density at radius 3 is 1.64 bits per heavy atom. The summed E-state index contributed by atoms with van der Waals surface area (Å²) in [5, 5.41) is 17.1. The van der Waals surface area contributed by atoms with Crippen molar-refractivity contribution in [3.63, 3.8) is 0 Å². The molecule has 0 aromatic carbocycles. The molecular weight excluding hydrogens is 191 g/mol. The van der Waals surface area contributed by atoms with Crippen molar-refractivity contribution in [1.82, 2.24) is 0 Å². The maximum atomic E-state index is 8.57. The summed E-state index contributed by atoms with van der Waals surface area (Å²) in [5.74, 6) is 0. The molecule has 0 aliphatic heterocycles. The van der Waals surface area contributed by atoms with E-state index in [4.69, 9.17) is 38.2 Å². The van der Waals surface area contributed by atoms with Crippen molar-refractivity contribution >= 4 is 23.2 Å². The number of hydrogen-bond acceptors (Lipinski definition) is 3. The van der Waals surface area contributed by atoms with E-state index in [0.29, 0.717) is 26.1 Å². The van der Waals surface area contributed by atoms with Crippen molar-refractivity contribution in [2.45, 2.75) is 24.0 Å². The molecule has 0 bridgehead atoms. The number of hydrogen-bond donors (Lipinski definition) is 2. The lowest BCUT2D eigenvalue weighted by Gasteiger charge is -2.04. The number of aliphatic hydroxyl groups is 2. The molecule has 0 amide bonds. The fourth-order valence-corrected chi connectivity index (χ4v) is 0.641. The van der Waals surface area contributed by atoms with Crippen LogP contribution >= 0.6 is 23.2 Å². The molecule has 2 atom stereocenters. The zero-order valence-electron chi connectivity index (χ0n) is 6.04. The molecular formula is C6H12Cl2O3. The molecule has 0 heterocycles. The van der Waals surface area contributed by atoms with Crippen LogP contribution in [-0.2, 0) is 4.74 Å². The third-order valence-corrected chi connectivity index (χ3v) is 1.44. The fraction of sp³-hybridized carbons (Fsp3) is 1.00. The van der Waals surface area contributed by atoms with Gasteiger partial charge in [0, 0.05) is 12.8 Å². The Labute approximate surface area is 75.9 Å². The molecule has 0 aromatic heterocycles. The predicted molar refractivity (Wildman–Crippen MR) is 43.8 cm³/mol. The van der Waals surface area contributed by atoms with Gasteiger partial charge in [-0.25, -0.2) is 0 Å². The van der Waals surface area contributed by atoms with Crippen molar-refractivity contribution in [2.75, 3.05) is 13.2 Å². The Kier molecular flexibility index (Phi) is 7.43. The summed E-state index contributed by atoms with van der Waals surface area (Å²) in [6, 6.07) is 0. The Balaban J connectivity index is 2.91. The summed E-state index contributed by atoms with van der Waals surface area (Å²) in [6.07, 6.45) is 0.778. The van der Waals surface area contributed by atoms with Gasteiger partial charge in [0.05, 0.1) is 13.2 Å². The van der Waals surface area contributed by atoms with Crippen LogP contribution in [0.25, 0.3) is 0 Å². The number of halogens is 2. The van der Waals surface area contributed by atoms with E-state index < -0.39 is 11.1 Å². The van der Waals surface area contributed by atoms with E-state index in [1.165, 1.54) is 0 Å². The minimum atomic E-state index is -0.851. The molecule has 0 fully saturated rings. The lowest BCUT2D eigenvalue weighted by Crippen LogP contribution is -2.07. The van der Waals surface area contributed by atoms with Gasteiger partial charge in [-0.15, -0.1) is 0 Å². The van der Waals surface area contributed by atoms with Crippen molar-refractivity contribution in [3.05, 3.63) is 0 Å². The standard InChI is InChI=1S/C6H12Cl2O3/c7-5(9)1-3-11-4-2-6(8)10/h5-6,9-10H,1-4H2. The minimum absolute atomic E-state index is 0.383. The van der Waals surface area contributed by atoms with Crippen LogP contribution in [-0.4, -0.2) is 34.6 Å². The third kappa shape index (κ3) is 10.5. The zero-order chi connectivity index (χ0) is 8.69. The second kappa shape index (κ2) is 7.13. The Morgan fingerprint density at radius 1 is 1.00 bits per heavy atom. The van der Waals surface area contributed by atoms with E-state index in [-0.39, 0.29) is 0 Å². The third-order valence-electron chi connectivity index (χ3n) is 1.00. The highest BCUT2D eigenvalue weighted by atomic mass is 35.5. The highest BCUT2D eigenvalue weighted by Crippen LogP contribution is 1.99. The van der Waals surface area contributed by atoms with Gasteiger partial charge in [0.1, 0.15) is 11.1 Å². The Hall–Kier alpha value is 0.460. The molecule has 0 spiro atoms. The molecule has 0 saturated heterocycles. The summed E-state index contributed by atoms with van der Waals surface area (Å²) < 4.78 is 4.97. The number of aliphatic hydroxyl groups excluding tert-OH is 2. The summed E-state index contributed by atoms with van der Waals surface area (Å²) in [7, 11) is 0. The maximum absolute atomic E-state index is 8.57. The largest absolute Gasteiger partial charge is 0.381 e. The van der Waals surface area contributed by atoms with Crippen molar-refractivity contribution in [3.8, 4) is 0 Å². The van der Waals surface area contributed by atoms with Crippen LogP contribution in [0.1, 0.15) is 12.8 Å².